The minimum absolute atomic E-state index is 0.0327. The van der Waals surface area contributed by atoms with Crippen LogP contribution in [0.2, 0.25) is 0 Å². The highest BCUT2D eigenvalue weighted by atomic mass is 32.2. The molecule has 0 aliphatic heterocycles. The number of carbonyl (C=O) groups excluding carboxylic acids is 2. The van der Waals surface area contributed by atoms with Crippen molar-refractivity contribution in [2.24, 2.45) is 5.41 Å². The van der Waals surface area contributed by atoms with Crippen LogP contribution >= 0.6 is 0 Å². The van der Waals surface area contributed by atoms with Gasteiger partial charge in [0.2, 0.25) is 5.91 Å². The predicted octanol–water partition coefficient (Wildman–Crippen LogP) is 1.34. The van der Waals surface area contributed by atoms with E-state index in [1.54, 1.807) is 32.9 Å². The van der Waals surface area contributed by atoms with Crippen molar-refractivity contribution in [3.63, 3.8) is 0 Å². The van der Waals surface area contributed by atoms with Crippen molar-refractivity contribution in [2.45, 2.75) is 38.1 Å². The topological polar surface area (TPSA) is 89.5 Å². The van der Waals surface area contributed by atoms with Crippen molar-refractivity contribution < 1.29 is 22.7 Å². The highest BCUT2D eigenvalue weighted by Gasteiger charge is 2.35. The van der Waals surface area contributed by atoms with Gasteiger partial charge in [0.05, 0.1) is 23.8 Å². The number of esters is 1. The van der Waals surface area contributed by atoms with E-state index in [9.17, 15) is 18.0 Å². The van der Waals surface area contributed by atoms with Crippen molar-refractivity contribution in [3.8, 4) is 0 Å². The number of ether oxygens (including phenoxy) is 1. The summed E-state index contributed by atoms with van der Waals surface area (Å²) < 4.78 is 27.8. The molecule has 0 aromatic heterocycles. The first-order valence-electron chi connectivity index (χ1n) is 7.15. The molecule has 1 amide bonds. The normalized spacial score (nSPS) is 13.3. The van der Waals surface area contributed by atoms with E-state index >= 15 is 0 Å². The van der Waals surface area contributed by atoms with Gasteiger partial charge in [-0.3, -0.25) is 9.59 Å². The molecule has 1 N–H and O–H groups in total. The Bertz CT molecular complexity index is 694. The zero-order chi connectivity index (χ0) is 17.8. The van der Waals surface area contributed by atoms with Crippen LogP contribution in [0, 0.1) is 5.41 Å². The number of sulfone groups is 1. The summed E-state index contributed by atoms with van der Waals surface area (Å²) in [5, 5.41) is 2.75. The number of hydrogen-bond donors (Lipinski definition) is 1. The van der Waals surface area contributed by atoms with Crippen molar-refractivity contribution in [3.05, 3.63) is 29.8 Å². The maximum Gasteiger partial charge on any atom is 0.313 e. The monoisotopic (exact) mass is 341 g/mol. The smallest absolute Gasteiger partial charge is 0.313 e. The van der Waals surface area contributed by atoms with E-state index in [1.807, 2.05) is 0 Å². The molecule has 1 atom stereocenters. The van der Waals surface area contributed by atoms with E-state index < -0.39 is 27.3 Å². The molecule has 6 nitrogen and oxygen atoms in total. The van der Waals surface area contributed by atoms with Gasteiger partial charge in [0.1, 0.15) is 0 Å². The van der Waals surface area contributed by atoms with Crippen molar-refractivity contribution >= 4 is 21.7 Å². The molecule has 7 heteroatoms. The van der Waals surface area contributed by atoms with Crippen LogP contribution in [0.25, 0.3) is 0 Å². The fraction of sp³-hybridized carbons (Fsp3) is 0.500. The summed E-state index contributed by atoms with van der Waals surface area (Å²) in [6, 6.07) is 5.82. The largest absolute Gasteiger partial charge is 0.469 e. The van der Waals surface area contributed by atoms with Crippen LogP contribution in [-0.4, -0.2) is 39.7 Å². The molecule has 0 fully saturated rings. The summed E-state index contributed by atoms with van der Waals surface area (Å²) in [4.78, 5) is 24.0. The first-order chi connectivity index (χ1) is 10.5. The van der Waals surface area contributed by atoms with Gasteiger partial charge >= 0.3 is 5.97 Å². The fourth-order valence-corrected chi connectivity index (χ4v) is 2.68. The van der Waals surface area contributed by atoms with E-state index in [4.69, 9.17) is 4.74 Å². The Morgan fingerprint density at radius 1 is 1.30 bits per heavy atom. The molecular weight excluding hydrogens is 318 g/mol. The Hall–Kier alpha value is -1.89. The fourth-order valence-electron chi connectivity index (χ4n) is 1.98. The lowest BCUT2D eigenvalue weighted by molar-refractivity contribution is -0.152. The molecule has 23 heavy (non-hydrogen) atoms. The average molecular weight is 341 g/mol. The minimum atomic E-state index is -3.31. The van der Waals surface area contributed by atoms with Gasteiger partial charge < -0.3 is 10.1 Å². The van der Waals surface area contributed by atoms with Gasteiger partial charge in [-0.1, -0.05) is 12.1 Å². The third-order valence-corrected chi connectivity index (χ3v) is 4.97. The molecule has 0 unspecified atom stereocenters. The second-order valence-electron chi connectivity index (χ2n) is 6.10. The van der Waals surface area contributed by atoms with Gasteiger partial charge in [0, 0.05) is 12.3 Å². The van der Waals surface area contributed by atoms with Gasteiger partial charge in [-0.25, -0.2) is 8.42 Å². The molecular formula is C16H23NO5S. The quantitative estimate of drug-likeness (QED) is 0.789. The highest BCUT2D eigenvalue weighted by molar-refractivity contribution is 7.90. The lowest BCUT2D eigenvalue weighted by Gasteiger charge is -2.29. The number of rotatable bonds is 6. The molecule has 0 bridgehead atoms. The summed E-state index contributed by atoms with van der Waals surface area (Å²) in [5.41, 5.74) is -0.271. The molecule has 0 saturated carbocycles. The summed E-state index contributed by atoms with van der Waals surface area (Å²) in [5.74, 6) is -0.704. The molecule has 1 aromatic carbocycles. The van der Waals surface area contributed by atoms with Gasteiger partial charge in [-0.05, 0) is 38.5 Å². The third kappa shape index (κ3) is 5.06. The Kier molecular flexibility index (Phi) is 5.93. The lowest BCUT2D eigenvalue weighted by atomic mass is 9.85. The maximum atomic E-state index is 12.1. The van der Waals surface area contributed by atoms with Gasteiger partial charge in [0.25, 0.3) is 0 Å². The summed E-state index contributed by atoms with van der Waals surface area (Å²) in [6.07, 6.45) is 1.15. The molecule has 128 valence electrons. The number of methoxy groups -OCH3 is 1. The van der Waals surface area contributed by atoms with Gasteiger partial charge in [0.15, 0.2) is 9.84 Å². The van der Waals surface area contributed by atoms with Crippen LogP contribution in [0.1, 0.15) is 26.3 Å². The highest BCUT2D eigenvalue weighted by Crippen LogP contribution is 2.22. The van der Waals surface area contributed by atoms with Crippen LogP contribution in [-0.2, 0) is 30.6 Å². The lowest BCUT2D eigenvalue weighted by Crippen LogP contribution is -2.47. The van der Waals surface area contributed by atoms with Gasteiger partial charge in [-0.2, -0.15) is 0 Å². The Labute approximate surface area is 137 Å². The standard InChI is InChI=1S/C16H23NO5S/c1-11(16(2,3)15(19)22-4)17-14(18)10-12-7-6-8-13(9-12)23(5,20)21/h6-9,11H,10H2,1-5H3,(H,17,18)/t11-/m0/s1. The third-order valence-electron chi connectivity index (χ3n) is 3.86. The van der Waals surface area contributed by atoms with E-state index in [0.29, 0.717) is 5.56 Å². The van der Waals surface area contributed by atoms with Crippen molar-refractivity contribution in [1.82, 2.24) is 5.32 Å². The zero-order valence-corrected chi connectivity index (χ0v) is 14.9. The summed E-state index contributed by atoms with van der Waals surface area (Å²) >= 11 is 0. The molecule has 0 saturated heterocycles. The number of nitrogens with one attached hydrogen (secondary N) is 1. The van der Waals surface area contributed by atoms with Crippen molar-refractivity contribution in [1.29, 1.82) is 0 Å². The minimum Gasteiger partial charge on any atom is -0.469 e. The van der Waals surface area contributed by atoms with Crippen LogP contribution in [0.5, 0.6) is 0 Å². The molecule has 0 heterocycles. The maximum absolute atomic E-state index is 12.1. The Morgan fingerprint density at radius 2 is 1.91 bits per heavy atom. The SMILES string of the molecule is COC(=O)C(C)(C)[C@H](C)NC(=O)Cc1cccc(S(C)(=O)=O)c1. The number of hydrogen-bond acceptors (Lipinski definition) is 5. The summed E-state index contributed by atoms with van der Waals surface area (Å²) in [6.45, 7) is 5.10. The summed E-state index contributed by atoms with van der Waals surface area (Å²) in [7, 11) is -2.01. The second kappa shape index (κ2) is 7.12. The van der Waals surface area contributed by atoms with Crippen LogP contribution < -0.4 is 5.32 Å². The number of amides is 1. The number of benzene rings is 1. The molecule has 0 aliphatic rings. The van der Waals surface area contributed by atoms with Gasteiger partial charge in [-0.15, -0.1) is 0 Å². The molecule has 0 aliphatic carbocycles. The molecule has 1 aromatic rings. The average Bonchev–Trinajstić information content (AvgIpc) is 2.45. The van der Waals surface area contributed by atoms with Crippen LogP contribution in [0.3, 0.4) is 0 Å². The number of carbonyl (C=O) groups is 2. The molecule has 0 spiro atoms. The van der Waals surface area contributed by atoms with Crippen LogP contribution in [0.15, 0.2) is 29.2 Å². The zero-order valence-electron chi connectivity index (χ0n) is 14.0. The van der Waals surface area contributed by atoms with E-state index in [2.05, 4.69) is 5.32 Å². The molecule has 1 rings (SSSR count). The van der Waals surface area contributed by atoms with Crippen molar-refractivity contribution in [2.75, 3.05) is 13.4 Å². The first-order valence-corrected chi connectivity index (χ1v) is 9.04. The Morgan fingerprint density at radius 3 is 2.43 bits per heavy atom. The second-order valence-corrected chi connectivity index (χ2v) is 8.11. The van der Waals surface area contributed by atoms with E-state index in [1.165, 1.54) is 19.2 Å². The van der Waals surface area contributed by atoms with E-state index in [-0.39, 0.29) is 17.2 Å². The first kappa shape index (κ1) is 19.2. The predicted molar refractivity (Wildman–Crippen MR) is 86.7 cm³/mol. The van der Waals surface area contributed by atoms with Crippen LogP contribution in [0.4, 0.5) is 0 Å². The Balaban J connectivity index is 2.80. The van der Waals surface area contributed by atoms with E-state index in [0.717, 1.165) is 6.26 Å². The molecule has 0 radical (unpaired) electrons.